The van der Waals surface area contributed by atoms with Crippen molar-refractivity contribution in [2.45, 2.75) is 65.7 Å². The molecule has 1 aromatic carbocycles. The number of carbonyl (C=O) groups excluding carboxylic acids is 1. The number of hydrogen-bond acceptors (Lipinski definition) is 7. The molecular weight excluding hydrogens is 541 g/mol. The number of benzene rings is 1. The lowest BCUT2D eigenvalue weighted by Crippen LogP contribution is -2.29. The van der Waals surface area contributed by atoms with E-state index in [-0.39, 0.29) is 22.9 Å². The summed E-state index contributed by atoms with van der Waals surface area (Å²) in [7, 11) is 1.66. The van der Waals surface area contributed by atoms with Gasteiger partial charge in [-0.1, -0.05) is 6.07 Å². The van der Waals surface area contributed by atoms with E-state index in [0.717, 1.165) is 17.5 Å². The van der Waals surface area contributed by atoms with Crippen LogP contribution in [0.3, 0.4) is 0 Å². The van der Waals surface area contributed by atoms with Crippen LogP contribution in [0, 0.1) is 19.7 Å². The first-order chi connectivity index (χ1) is 19.9. The van der Waals surface area contributed by atoms with Crippen molar-refractivity contribution in [2.75, 3.05) is 13.7 Å². The number of aromatic nitrogens is 4. The van der Waals surface area contributed by atoms with Crippen molar-refractivity contribution in [1.29, 1.82) is 0 Å². The first-order valence-corrected chi connectivity index (χ1v) is 13.8. The highest BCUT2D eigenvalue weighted by Crippen LogP contribution is 2.41. The van der Waals surface area contributed by atoms with E-state index >= 15 is 4.39 Å². The lowest BCUT2D eigenvalue weighted by Gasteiger charge is -2.28. The van der Waals surface area contributed by atoms with Gasteiger partial charge in [0, 0.05) is 54.4 Å². The fourth-order valence-electron chi connectivity index (χ4n) is 5.33. The fraction of sp³-hybridized carbons (Fsp3) is 0.387. The van der Waals surface area contributed by atoms with Crippen LogP contribution in [0.4, 0.5) is 4.39 Å². The van der Waals surface area contributed by atoms with Gasteiger partial charge in [0.15, 0.2) is 29.0 Å². The van der Waals surface area contributed by atoms with Gasteiger partial charge in [0.2, 0.25) is 0 Å². The molecule has 5 rings (SSSR count). The highest BCUT2D eigenvalue weighted by molar-refractivity contribution is 5.93. The number of rotatable bonds is 7. The third kappa shape index (κ3) is 5.56. The number of aliphatic carboxylic acids is 1. The Morgan fingerprint density at radius 1 is 1.26 bits per heavy atom. The topological polar surface area (TPSA) is 119 Å². The van der Waals surface area contributed by atoms with Gasteiger partial charge in [0.25, 0.3) is 5.91 Å². The van der Waals surface area contributed by atoms with Crippen LogP contribution in [0.5, 0.6) is 5.75 Å². The van der Waals surface area contributed by atoms with E-state index in [1.807, 2.05) is 13.0 Å². The molecule has 0 saturated carbocycles. The van der Waals surface area contributed by atoms with Gasteiger partial charge in [0.05, 0.1) is 17.9 Å². The molecule has 42 heavy (non-hydrogen) atoms. The van der Waals surface area contributed by atoms with Crippen molar-refractivity contribution in [3.63, 3.8) is 0 Å². The highest BCUT2D eigenvalue weighted by Gasteiger charge is 2.35. The van der Waals surface area contributed by atoms with Crippen molar-refractivity contribution in [1.82, 2.24) is 24.5 Å². The van der Waals surface area contributed by atoms with Crippen LogP contribution in [0.1, 0.15) is 71.7 Å². The van der Waals surface area contributed by atoms with Crippen LogP contribution in [-0.4, -0.2) is 60.7 Å². The molecule has 220 valence electrons. The Morgan fingerprint density at radius 3 is 2.69 bits per heavy atom. The van der Waals surface area contributed by atoms with Crippen LogP contribution in [-0.2, 0) is 22.5 Å². The van der Waals surface area contributed by atoms with E-state index in [1.54, 1.807) is 59.3 Å². The van der Waals surface area contributed by atoms with Crippen LogP contribution >= 0.6 is 0 Å². The van der Waals surface area contributed by atoms with Crippen molar-refractivity contribution < 1.29 is 28.6 Å². The molecule has 11 heteroatoms. The van der Waals surface area contributed by atoms with E-state index in [9.17, 15) is 14.7 Å². The van der Waals surface area contributed by atoms with E-state index in [2.05, 4.69) is 15.1 Å². The van der Waals surface area contributed by atoms with Gasteiger partial charge >= 0.3 is 5.97 Å². The molecule has 4 aromatic rings. The number of carboxylic acids is 1. The van der Waals surface area contributed by atoms with Gasteiger partial charge in [-0.25, -0.2) is 18.7 Å². The Kier molecular flexibility index (Phi) is 7.72. The molecule has 0 bridgehead atoms. The second-order valence-corrected chi connectivity index (χ2v) is 11.5. The summed E-state index contributed by atoms with van der Waals surface area (Å²) in [5.74, 6) is -1.94. The zero-order valence-electron chi connectivity index (χ0n) is 24.6. The predicted molar refractivity (Wildman–Crippen MR) is 153 cm³/mol. The van der Waals surface area contributed by atoms with Crippen LogP contribution in [0.25, 0.3) is 16.9 Å². The number of ether oxygens (including phenoxy) is 2. The van der Waals surface area contributed by atoms with E-state index in [1.165, 1.54) is 15.5 Å². The Labute approximate surface area is 243 Å². The largest absolute Gasteiger partial charge is 0.490 e. The van der Waals surface area contributed by atoms with Gasteiger partial charge in [-0.05, 0) is 70.7 Å². The van der Waals surface area contributed by atoms with Crippen molar-refractivity contribution >= 4 is 17.5 Å². The third-order valence-corrected chi connectivity index (χ3v) is 7.19. The second kappa shape index (κ2) is 11.1. The van der Waals surface area contributed by atoms with E-state index in [0.29, 0.717) is 47.7 Å². The summed E-state index contributed by atoms with van der Waals surface area (Å²) in [6, 6.07) is 6.55. The van der Waals surface area contributed by atoms with E-state index < -0.39 is 23.5 Å². The minimum Gasteiger partial charge on any atom is -0.490 e. The molecule has 1 amide bonds. The molecule has 3 aromatic heterocycles. The molecule has 1 aliphatic rings. The Bertz CT molecular complexity index is 1680. The number of amides is 1. The molecule has 4 heterocycles. The maximum absolute atomic E-state index is 15.5. The Hall–Kier alpha value is -4.38. The van der Waals surface area contributed by atoms with E-state index in [4.69, 9.17) is 9.47 Å². The zero-order valence-corrected chi connectivity index (χ0v) is 24.6. The third-order valence-electron chi connectivity index (χ3n) is 7.19. The quantitative estimate of drug-likeness (QED) is 0.324. The molecule has 1 N–H and O–H groups in total. The lowest BCUT2D eigenvalue weighted by atomic mass is 9.91. The van der Waals surface area contributed by atoms with Gasteiger partial charge < -0.3 is 19.5 Å². The van der Waals surface area contributed by atoms with Gasteiger partial charge in [-0.2, -0.15) is 5.10 Å². The first kappa shape index (κ1) is 29.1. The lowest BCUT2D eigenvalue weighted by molar-refractivity contribution is -0.160. The number of aryl methyl sites for hydroxylation is 1. The normalized spacial score (nSPS) is 13.9. The van der Waals surface area contributed by atoms with Gasteiger partial charge in [0.1, 0.15) is 0 Å². The molecule has 1 atom stereocenters. The highest BCUT2D eigenvalue weighted by atomic mass is 19.1. The second-order valence-electron chi connectivity index (χ2n) is 11.5. The van der Waals surface area contributed by atoms with Crippen LogP contribution in [0.2, 0.25) is 0 Å². The molecule has 0 fully saturated rings. The van der Waals surface area contributed by atoms with Gasteiger partial charge in [-0.3, -0.25) is 9.78 Å². The van der Waals surface area contributed by atoms with Crippen LogP contribution in [0.15, 0.2) is 36.7 Å². The maximum atomic E-state index is 15.5. The SMILES string of the molecule is Cc1nc2cc(C(=O)N(C)Cc3cccnc3)nn2c(-c2cc(F)c3c(c2C)CCCO3)c1[C@H](OC(C)(C)C)C(=O)O. The minimum absolute atomic E-state index is 0.106. The monoisotopic (exact) mass is 575 g/mol. The molecule has 0 aliphatic carbocycles. The van der Waals surface area contributed by atoms with Crippen molar-refractivity contribution in [3.8, 4) is 17.0 Å². The smallest absolute Gasteiger partial charge is 0.337 e. The summed E-state index contributed by atoms with van der Waals surface area (Å²) in [5, 5.41) is 15.0. The molecule has 0 saturated heterocycles. The van der Waals surface area contributed by atoms with Crippen LogP contribution < -0.4 is 4.74 Å². The zero-order chi connectivity index (χ0) is 30.3. The molecule has 0 spiro atoms. The number of carboxylic acid groups (broad SMARTS) is 1. The number of halogens is 1. The average Bonchev–Trinajstić information content (AvgIpc) is 3.36. The summed E-state index contributed by atoms with van der Waals surface area (Å²) in [5.41, 5.74) is 3.22. The molecule has 1 aliphatic heterocycles. The molecule has 0 unspecified atom stereocenters. The number of hydrogen-bond donors (Lipinski definition) is 1. The summed E-state index contributed by atoms with van der Waals surface area (Å²) in [6.45, 7) is 9.53. The summed E-state index contributed by atoms with van der Waals surface area (Å²) < 4.78 is 28.6. The Balaban J connectivity index is 1.74. The predicted octanol–water partition coefficient (Wildman–Crippen LogP) is 5.09. The standard InChI is InChI=1S/C31H34FN5O5/c1-17-20-10-8-12-41-27(20)22(32)13-21(17)26-25(28(30(39)40)42-31(3,4)5)18(2)34-24-14-23(35-37(24)26)29(38)36(6)16-19-9-7-11-33-15-19/h7,9,11,13-15,28H,8,10,12,16H2,1-6H3,(H,39,40)/t28-/m0/s1. The summed E-state index contributed by atoms with van der Waals surface area (Å²) in [6.07, 6.45) is 3.23. The van der Waals surface area contributed by atoms with Gasteiger partial charge in [-0.15, -0.1) is 0 Å². The minimum atomic E-state index is -1.44. The maximum Gasteiger partial charge on any atom is 0.337 e. The first-order valence-electron chi connectivity index (χ1n) is 13.8. The fourth-order valence-corrected chi connectivity index (χ4v) is 5.33. The number of pyridine rings is 1. The molecular formula is C31H34FN5O5. The summed E-state index contributed by atoms with van der Waals surface area (Å²) >= 11 is 0. The molecule has 10 nitrogen and oxygen atoms in total. The number of carbonyl (C=O) groups is 2. The van der Waals surface area contributed by atoms with Crippen molar-refractivity contribution in [3.05, 3.63) is 76.1 Å². The van der Waals surface area contributed by atoms with Crippen molar-refractivity contribution in [2.24, 2.45) is 0 Å². The number of nitrogens with zero attached hydrogens (tertiary/aromatic N) is 5. The summed E-state index contributed by atoms with van der Waals surface area (Å²) in [4.78, 5) is 36.4. The average molecular weight is 576 g/mol. The Morgan fingerprint density at radius 2 is 2.02 bits per heavy atom. The number of fused-ring (bicyclic) bond motifs is 2. The molecule has 0 radical (unpaired) electrons.